The van der Waals surface area contributed by atoms with Crippen LogP contribution in [0.15, 0.2) is 10.7 Å². The number of rotatable bonds is 5. The fourth-order valence-corrected chi connectivity index (χ4v) is 3.32. The molecular formula is C17H26N6O2. The number of nitrogens with one attached hydrogen (secondary N) is 1. The predicted molar refractivity (Wildman–Crippen MR) is 92.9 cm³/mol. The van der Waals surface area contributed by atoms with E-state index in [2.05, 4.69) is 39.5 Å². The summed E-state index contributed by atoms with van der Waals surface area (Å²) in [4.78, 5) is 14.7. The highest BCUT2D eigenvalue weighted by Gasteiger charge is 2.22. The second-order valence-electron chi connectivity index (χ2n) is 6.97. The summed E-state index contributed by atoms with van der Waals surface area (Å²) >= 11 is 0. The van der Waals surface area contributed by atoms with Crippen LogP contribution in [0.1, 0.15) is 38.1 Å². The monoisotopic (exact) mass is 346 g/mol. The lowest BCUT2D eigenvalue weighted by Crippen LogP contribution is -2.47. The highest BCUT2D eigenvalue weighted by atomic mass is 16.5. The van der Waals surface area contributed by atoms with E-state index in [9.17, 15) is 4.79 Å². The molecule has 2 aromatic rings. The molecule has 0 unspecified atom stereocenters. The van der Waals surface area contributed by atoms with Crippen LogP contribution in [0.5, 0.6) is 0 Å². The summed E-state index contributed by atoms with van der Waals surface area (Å²) in [6.45, 7) is 10.3. The van der Waals surface area contributed by atoms with Crippen LogP contribution in [-0.2, 0) is 11.3 Å². The molecular weight excluding hydrogens is 320 g/mol. The summed E-state index contributed by atoms with van der Waals surface area (Å²) in [6, 6.07) is 0.808. The summed E-state index contributed by atoms with van der Waals surface area (Å²) in [5.74, 6) is 0.670. The lowest BCUT2D eigenvalue weighted by atomic mass is 10.0. The molecule has 0 radical (unpaired) electrons. The van der Waals surface area contributed by atoms with Gasteiger partial charge in [-0.25, -0.2) is 4.68 Å². The Morgan fingerprint density at radius 3 is 2.68 bits per heavy atom. The Bertz CT molecular complexity index is 708. The highest BCUT2D eigenvalue weighted by molar-refractivity contribution is 5.76. The van der Waals surface area contributed by atoms with Crippen LogP contribution in [0, 0.1) is 13.8 Å². The van der Waals surface area contributed by atoms with Crippen LogP contribution in [0.25, 0.3) is 11.3 Å². The van der Waals surface area contributed by atoms with Gasteiger partial charge in [-0.2, -0.15) is 0 Å². The Morgan fingerprint density at radius 2 is 2.08 bits per heavy atom. The third-order valence-electron chi connectivity index (χ3n) is 4.76. The molecule has 1 N–H and O–H groups in total. The second kappa shape index (κ2) is 7.35. The van der Waals surface area contributed by atoms with Crippen molar-refractivity contribution in [3.63, 3.8) is 0 Å². The first-order valence-electron chi connectivity index (χ1n) is 8.81. The molecule has 3 heterocycles. The molecule has 0 saturated carbocycles. The van der Waals surface area contributed by atoms with Gasteiger partial charge in [0.15, 0.2) is 0 Å². The molecule has 1 aliphatic heterocycles. The first-order valence-corrected chi connectivity index (χ1v) is 8.81. The van der Waals surface area contributed by atoms with Crippen LogP contribution in [-0.4, -0.2) is 56.1 Å². The van der Waals surface area contributed by atoms with Crippen LogP contribution in [0.4, 0.5) is 0 Å². The van der Waals surface area contributed by atoms with E-state index in [0.717, 1.165) is 37.2 Å². The second-order valence-corrected chi connectivity index (χ2v) is 6.97. The molecule has 1 amide bonds. The van der Waals surface area contributed by atoms with E-state index in [1.165, 1.54) is 0 Å². The first kappa shape index (κ1) is 17.6. The van der Waals surface area contributed by atoms with Crippen LogP contribution < -0.4 is 5.32 Å². The van der Waals surface area contributed by atoms with Gasteiger partial charge in [0.25, 0.3) is 0 Å². The van der Waals surface area contributed by atoms with Crippen molar-refractivity contribution in [2.75, 3.05) is 13.1 Å². The van der Waals surface area contributed by atoms with Crippen LogP contribution in [0.2, 0.25) is 0 Å². The van der Waals surface area contributed by atoms with E-state index >= 15 is 0 Å². The molecule has 0 atom stereocenters. The van der Waals surface area contributed by atoms with Crippen molar-refractivity contribution < 1.29 is 9.32 Å². The van der Waals surface area contributed by atoms with E-state index < -0.39 is 0 Å². The van der Waals surface area contributed by atoms with Gasteiger partial charge in [-0.1, -0.05) is 10.4 Å². The number of amides is 1. The van der Waals surface area contributed by atoms with Gasteiger partial charge in [-0.05, 0) is 40.5 Å². The van der Waals surface area contributed by atoms with Crippen molar-refractivity contribution in [1.82, 2.24) is 30.4 Å². The fraction of sp³-hybridized carbons (Fsp3) is 0.647. The molecule has 25 heavy (non-hydrogen) atoms. The van der Waals surface area contributed by atoms with E-state index in [1.807, 2.05) is 13.8 Å². The average Bonchev–Trinajstić information content (AvgIpc) is 3.14. The smallest absolute Gasteiger partial charge is 0.242 e. The van der Waals surface area contributed by atoms with E-state index in [1.54, 1.807) is 10.9 Å². The number of likely N-dealkylation sites (tertiary alicyclic amines) is 1. The Labute approximate surface area is 147 Å². The molecule has 3 rings (SSSR count). The molecule has 136 valence electrons. The number of piperidine rings is 1. The molecule has 0 spiro atoms. The van der Waals surface area contributed by atoms with E-state index in [4.69, 9.17) is 4.52 Å². The lowest BCUT2D eigenvalue weighted by Gasteiger charge is -2.34. The van der Waals surface area contributed by atoms with Crippen molar-refractivity contribution in [2.45, 2.75) is 59.2 Å². The van der Waals surface area contributed by atoms with Crippen molar-refractivity contribution in [3.05, 3.63) is 17.7 Å². The molecule has 8 heteroatoms. The van der Waals surface area contributed by atoms with Gasteiger partial charge in [-0.3, -0.25) is 4.79 Å². The predicted octanol–water partition coefficient (Wildman–Crippen LogP) is 1.54. The quantitative estimate of drug-likeness (QED) is 0.883. The Balaban J connectivity index is 1.54. The van der Waals surface area contributed by atoms with Crippen molar-refractivity contribution in [2.24, 2.45) is 0 Å². The molecule has 8 nitrogen and oxygen atoms in total. The molecule has 1 saturated heterocycles. The summed E-state index contributed by atoms with van der Waals surface area (Å²) < 4.78 is 6.71. The van der Waals surface area contributed by atoms with Crippen molar-refractivity contribution in [3.8, 4) is 11.3 Å². The van der Waals surface area contributed by atoms with Crippen molar-refractivity contribution in [1.29, 1.82) is 0 Å². The number of aryl methyl sites for hydroxylation is 2. The minimum absolute atomic E-state index is 0.0294. The number of hydrogen-bond donors (Lipinski definition) is 1. The zero-order chi connectivity index (χ0) is 18.0. The Kier molecular flexibility index (Phi) is 5.17. The molecule has 1 fully saturated rings. The minimum Gasteiger partial charge on any atom is -0.361 e. The lowest BCUT2D eigenvalue weighted by molar-refractivity contribution is -0.122. The molecule has 1 aliphatic rings. The zero-order valence-electron chi connectivity index (χ0n) is 15.3. The number of nitrogens with zero attached hydrogens (tertiary/aromatic N) is 5. The van der Waals surface area contributed by atoms with Gasteiger partial charge < -0.3 is 14.7 Å². The SMILES string of the molecule is Cc1noc(C)c1-c1cn(CC(=O)NC2CCN(C(C)C)CC2)nn1. The van der Waals surface area contributed by atoms with Gasteiger partial charge in [-0.15, -0.1) is 5.10 Å². The highest BCUT2D eigenvalue weighted by Crippen LogP contribution is 2.24. The van der Waals surface area contributed by atoms with E-state index in [-0.39, 0.29) is 18.5 Å². The minimum atomic E-state index is -0.0294. The normalized spacial score (nSPS) is 16.5. The van der Waals surface area contributed by atoms with Crippen LogP contribution >= 0.6 is 0 Å². The summed E-state index contributed by atoms with van der Waals surface area (Å²) in [6.07, 6.45) is 3.74. The van der Waals surface area contributed by atoms with Gasteiger partial charge in [0.05, 0.1) is 17.5 Å². The largest absolute Gasteiger partial charge is 0.361 e. The zero-order valence-corrected chi connectivity index (χ0v) is 15.3. The maximum absolute atomic E-state index is 12.3. The van der Waals surface area contributed by atoms with Gasteiger partial charge in [0.2, 0.25) is 5.91 Å². The van der Waals surface area contributed by atoms with Crippen LogP contribution in [0.3, 0.4) is 0 Å². The molecule has 0 bridgehead atoms. The maximum atomic E-state index is 12.3. The average molecular weight is 346 g/mol. The Hall–Kier alpha value is -2.22. The third kappa shape index (κ3) is 4.07. The van der Waals surface area contributed by atoms with E-state index in [0.29, 0.717) is 17.5 Å². The van der Waals surface area contributed by atoms with Gasteiger partial charge in [0.1, 0.15) is 18.0 Å². The molecule has 0 aliphatic carbocycles. The summed E-state index contributed by atoms with van der Waals surface area (Å²) in [7, 11) is 0. The third-order valence-corrected chi connectivity index (χ3v) is 4.76. The fourth-order valence-electron chi connectivity index (χ4n) is 3.32. The first-order chi connectivity index (χ1) is 11.9. The number of carbonyl (C=O) groups excluding carboxylic acids is 1. The Morgan fingerprint density at radius 1 is 1.36 bits per heavy atom. The number of aromatic nitrogens is 4. The number of hydrogen-bond acceptors (Lipinski definition) is 6. The number of carbonyl (C=O) groups is 1. The summed E-state index contributed by atoms with van der Waals surface area (Å²) in [5.41, 5.74) is 2.29. The maximum Gasteiger partial charge on any atom is 0.242 e. The molecule has 0 aromatic carbocycles. The van der Waals surface area contributed by atoms with Crippen molar-refractivity contribution >= 4 is 5.91 Å². The topological polar surface area (TPSA) is 89.1 Å². The standard InChI is InChI=1S/C17H26N6O2/c1-11(2)22-7-5-14(6-8-22)18-16(24)10-23-9-15(19-21-23)17-12(3)20-25-13(17)4/h9,11,14H,5-8,10H2,1-4H3,(H,18,24). The van der Waals surface area contributed by atoms with Gasteiger partial charge >= 0.3 is 0 Å². The summed E-state index contributed by atoms with van der Waals surface area (Å²) in [5, 5.41) is 15.2. The molecule has 2 aromatic heterocycles. The van der Waals surface area contributed by atoms with Gasteiger partial charge in [0, 0.05) is 25.2 Å².